The smallest absolute Gasteiger partial charge is 0.322 e. The molecule has 0 aliphatic rings. The molecule has 0 spiro atoms. The average molecular weight is 573 g/mol. The van der Waals surface area contributed by atoms with Gasteiger partial charge in [-0.15, -0.1) is 0 Å². The summed E-state index contributed by atoms with van der Waals surface area (Å²) < 4.78 is 16.1. The number of nitrogens with zero attached hydrogens (tertiary/aromatic N) is 2. The van der Waals surface area contributed by atoms with Gasteiger partial charge < -0.3 is 34.3 Å². The van der Waals surface area contributed by atoms with Crippen LogP contribution in [-0.2, 0) is 28.9 Å². The number of rotatable bonds is 14. The van der Waals surface area contributed by atoms with Gasteiger partial charge in [0.05, 0.1) is 20.8 Å². The number of nitrogens with one attached hydrogen (secondary N) is 2. The summed E-state index contributed by atoms with van der Waals surface area (Å²) in [6, 6.07) is 21.1. The summed E-state index contributed by atoms with van der Waals surface area (Å²) in [5, 5.41) is 4.12. The van der Waals surface area contributed by atoms with Crippen LogP contribution in [-0.4, -0.2) is 74.3 Å². The molecule has 0 bridgehead atoms. The number of amides is 3. The minimum Gasteiger partial charge on any atom is -0.493 e. The topological polar surface area (TPSA) is 96.1 Å². The molecule has 0 unspecified atom stereocenters. The number of H-pyrrole nitrogens is 1. The van der Waals surface area contributed by atoms with E-state index in [9.17, 15) is 9.59 Å². The van der Waals surface area contributed by atoms with E-state index in [1.165, 1.54) is 4.90 Å². The zero-order chi connectivity index (χ0) is 29.9. The Hall–Kier alpha value is -4.50. The molecule has 9 heteroatoms. The van der Waals surface area contributed by atoms with E-state index >= 15 is 0 Å². The first-order valence-electron chi connectivity index (χ1n) is 14.1. The van der Waals surface area contributed by atoms with Gasteiger partial charge in [-0.2, -0.15) is 0 Å². The third kappa shape index (κ3) is 7.61. The predicted octanol–water partition coefficient (Wildman–Crippen LogP) is 5.50. The number of methoxy groups -OCH3 is 3. The maximum Gasteiger partial charge on any atom is 0.322 e. The van der Waals surface area contributed by atoms with Crippen LogP contribution in [0.1, 0.15) is 23.6 Å². The molecule has 0 saturated heterocycles. The van der Waals surface area contributed by atoms with Crippen molar-refractivity contribution in [3.63, 3.8) is 0 Å². The summed E-state index contributed by atoms with van der Waals surface area (Å²) in [7, 11) is 4.76. The second kappa shape index (κ2) is 14.9. The fourth-order valence-corrected chi connectivity index (χ4v) is 4.95. The number of fused-ring (bicyclic) bond motifs is 1. The highest BCUT2D eigenvalue weighted by Crippen LogP contribution is 2.28. The maximum absolute atomic E-state index is 13.9. The van der Waals surface area contributed by atoms with Crippen LogP contribution in [0.2, 0.25) is 0 Å². The van der Waals surface area contributed by atoms with Crippen molar-refractivity contribution < 1.29 is 23.8 Å². The van der Waals surface area contributed by atoms with Gasteiger partial charge in [-0.1, -0.05) is 49.4 Å². The van der Waals surface area contributed by atoms with Gasteiger partial charge in [0.1, 0.15) is 6.54 Å². The lowest BCUT2D eigenvalue weighted by Crippen LogP contribution is -2.46. The van der Waals surface area contributed by atoms with Crippen molar-refractivity contribution in [1.29, 1.82) is 0 Å². The summed E-state index contributed by atoms with van der Waals surface area (Å²) in [6.07, 6.45) is 3.42. The Bertz CT molecular complexity index is 1480. The van der Waals surface area contributed by atoms with Gasteiger partial charge in [-0.25, -0.2) is 4.79 Å². The number of urea groups is 1. The summed E-state index contributed by atoms with van der Waals surface area (Å²) in [4.78, 5) is 33.9. The molecule has 9 nitrogen and oxygen atoms in total. The molecular formula is C33H40N4O5. The molecule has 0 aliphatic carbocycles. The van der Waals surface area contributed by atoms with Crippen LogP contribution in [0.4, 0.5) is 10.5 Å². The zero-order valence-corrected chi connectivity index (χ0v) is 24.8. The van der Waals surface area contributed by atoms with Crippen molar-refractivity contribution in [3.05, 3.63) is 89.6 Å². The van der Waals surface area contributed by atoms with E-state index in [1.807, 2.05) is 73.8 Å². The number of aromatic nitrogens is 1. The highest BCUT2D eigenvalue weighted by Gasteiger charge is 2.23. The number of carbonyl (C=O) groups is 2. The Morgan fingerprint density at radius 3 is 2.38 bits per heavy atom. The van der Waals surface area contributed by atoms with Crippen LogP contribution in [0.3, 0.4) is 0 Å². The summed E-state index contributed by atoms with van der Waals surface area (Å²) >= 11 is 0. The number of para-hydroxylation sites is 2. The van der Waals surface area contributed by atoms with E-state index in [0.717, 1.165) is 39.7 Å². The Kier molecular flexibility index (Phi) is 10.8. The fraction of sp³-hybridized carbons (Fsp3) is 0.333. The maximum atomic E-state index is 13.9. The molecule has 4 aromatic rings. The number of aryl methyl sites for hydroxylation is 1. The Morgan fingerprint density at radius 1 is 0.857 bits per heavy atom. The Morgan fingerprint density at radius 2 is 1.62 bits per heavy atom. The lowest BCUT2D eigenvalue weighted by molar-refractivity contribution is -0.132. The van der Waals surface area contributed by atoms with E-state index in [0.29, 0.717) is 37.6 Å². The molecule has 2 N–H and O–H groups in total. The molecule has 1 heterocycles. The van der Waals surface area contributed by atoms with Gasteiger partial charge in [-0.3, -0.25) is 4.79 Å². The highest BCUT2D eigenvalue weighted by atomic mass is 16.5. The Labute approximate surface area is 247 Å². The quantitative estimate of drug-likeness (QED) is 0.208. The molecule has 1 aromatic heterocycles. The first-order chi connectivity index (χ1) is 20.5. The average Bonchev–Trinajstić information content (AvgIpc) is 3.44. The monoisotopic (exact) mass is 572 g/mol. The van der Waals surface area contributed by atoms with E-state index in [2.05, 4.69) is 16.4 Å². The van der Waals surface area contributed by atoms with Crippen molar-refractivity contribution in [1.82, 2.24) is 14.8 Å². The fourth-order valence-electron chi connectivity index (χ4n) is 4.95. The predicted molar refractivity (Wildman–Crippen MR) is 165 cm³/mol. The molecule has 0 atom stereocenters. The summed E-state index contributed by atoms with van der Waals surface area (Å²) in [6.45, 7) is 3.34. The van der Waals surface area contributed by atoms with Crippen molar-refractivity contribution in [2.24, 2.45) is 0 Å². The lowest BCUT2D eigenvalue weighted by atomic mass is 10.1. The van der Waals surface area contributed by atoms with E-state index in [1.54, 1.807) is 26.2 Å². The molecule has 0 radical (unpaired) electrons. The van der Waals surface area contributed by atoms with Gasteiger partial charge >= 0.3 is 6.03 Å². The van der Waals surface area contributed by atoms with Gasteiger partial charge in [0, 0.05) is 49.5 Å². The zero-order valence-electron chi connectivity index (χ0n) is 24.8. The number of aromatic amines is 1. The molecule has 0 saturated carbocycles. The molecule has 222 valence electrons. The van der Waals surface area contributed by atoms with Crippen LogP contribution < -0.4 is 14.8 Å². The van der Waals surface area contributed by atoms with E-state index in [-0.39, 0.29) is 25.0 Å². The largest absolute Gasteiger partial charge is 0.493 e. The first kappa shape index (κ1) is 30.5. The van der Waals surface area contributed by atoms with E-state index in [4.69, 9.17) is 14.2 Å². The van der Waals surface area contributed by atoms with Crippen LogP contribution in [0.5, 0.6) is 11.5 Å². The van der Waals surface area contributed by atoms with Gasteiger partial charge in [0.2, 0.25) is 5.91 Å². The van der Waals surface area contributed by atoms with Crippen LogP contribution in [0.15, 0.2) is 72.9 Å². The number of ether oxygens (including phenoxy) is 3. The molecule has 42 heavy (non-hydrogen) atoms. The Balaban J connectivity index is 1.56. The minimum atomic E-state index is -0.344. The lowest BCUT2D eigenvalue weighted by Gasteiger charge is -2.28. The number of hydrogen-bond donors (Lipinski definition) is 2. The van der Waals surface area contributed by atoms with Crippen LogP contribution in [0, 0.1) is 0 Å². The second-order valence-corrected chi connectivity index (χ2v) is 9.97. The third-order valence-electron chi connectivity index (χ3n) is 7.32. The van der Waals surface area contributed by atoms with Crippen LogP contribution >= 0.6 is 0 Å². The second-order valence-electron chi connectivity index (χ2n) is 9.97. The minimum absolute atomic E-state index is 0.0926. The highest BCUT2D eigenvalue weighted by molar-refractivity contribution is 5.93. The molecule has 0 fully saturated rings. The number of carbonyl (C=O) groups excluding carboxylic acids is 2. The van der Waals surface area contributed by atoms with Gasteiger partial charge in [-0.05, 0) is 53.8 Å². The molecule has 3 aromatic carbocycles. The normalized spacial score (nSPS) is 10.9. The molecular weight excluding hydrogens is 532 g/mol. The molecule has 3 amide bonds. The van der Waals surface area contributed by atoms with Crippen molar-refractivity contribution in [2.45, 2.75) is 26.3 Å². The SMILES string of the molecule is CCc1ccccc1NC(=O)N(CCOC)CC(=O)N(CCc1c[nH]c2ccccc12)Cc1ccc(OC)c(OC)c1. The standard InChI is InChI=1S/C33H40N4O5/c1-5-25-10-6-8-12-28(25)35-33(39)37(18-19-40-2)23-32(38)36(22-24-14-15-30(41-3)31(20-24)42-4)17-16-26-21-34-29-13-9-7-11-27(26)29/h6-15,20-21,34H,5,16-19,22-23H2,1-4H3,(H,35,39). The summed E-state index contributed by atoms with van der Waals surface area (Å²) in [5.41, 5.74) is 4.84. The van der Waals surface area contributed by atoms with Crippen molar-refractivity contribution in [2.75, 3.05) is 52.9 Å². The van der Waals surface area contributed by atoms with Crippen molar-refractivity contribution >= 4 is 28.5 Å². The number of benzene rings is 3. The van der Waals surface area contributed by atoms with Gasteiger partial charge in [0.25, 0.3) is 0 Å². The van der Waals surface area contributed by atoms with Gasteiger partial charge in [0.15, 0.2) is 11.5 Å². The van der Waals surface area contributed by atoms with Crippen molar-refractivity contribution in [3.8, 4) is 11.5 Å². The summed E-state index contributed by atoms with van der Waals surface area (Å²) in [5.74, 6) is 1.04. The molecule has 0 aliphatic heterocycles. The number of anilines is 1. The van der Waals surface area contributed by atoms with E-state index < -0.39 is 0 Å². The third-order valence-corrected chi connectivity index (χ3v) is 7.32. The molecule has 4 rings (SSSR count). The number of hydrogen-bond acceptors (Lipinski definition) is 5. The first-order valence-corrected chi connectivity index (χ1v) is 14.1. The van der Waals surface area contributed by atoms with Crippen LogP contribution in [0.25, 0.3) is 10.9 Å².